The number of para-hydroxylation sites is 1. The lowest BCUT2D eigenvalue weighted by Crippen LogP contribution is -2.32. The Morgan fingerprint density at radius 2 is 2.29 bits per heavy atom. The Morgan fingerprint density at radius 3 is 3.04 bits per heavy atom. The van der Waals surface area contributed by atoms with Crippen LogP contribution < -0.4 is 10.1 Å². The van der Waals surface area contributed by atoms with Gasteiger partial charge in [-0.15, -0.1) is 0 Å². The largest absolute Gasteiger partial charge is 0.490 e. The molecule has 0 saturated carbocycles. The Labute approximate surface area is 140 Å². The van der Waals surface area contributed by atoms with Gasteiger partial charge in [0.05, 0.1) is 24.4 Å². The number of amides is 1. The van der Waals surface area contributed by atoms with Gasteiger partial charge >= 0.3 is 0 Å². The average molecular weight is 331 g/mol. The molecular formula is C18H22FN3O2. The van der Waals surface area contributed by atoms with Crippen LogP contribution in [-0.4, -0.2) is 22.3 Å². The van der Waals surface area contributed by atoms with Gasteiger partial charge in [-0.25, -0.2) is 4.39 Å². The van der Waals surface area contributed by atoms with E-state index in [1.165, 1.54) is 6.07 Å². The Hall–Kier alpha value is -2.37. The van der Waals surface area contributed by atoms with E-state index in [-0.39, 0.29) is 17.7 Å². The summed E-state index contributed by atoms with van der Waals surface area (Å²) in [6.07, 6.45) is 2.21. The van der Waals surface area contributed by atoms with Crippen molar-refractivity contribution in [3.05, 3.63) is 47.0 Å². The lowest BCUT2D eigenvalue weighted by atomic mass is 10.00. The van der Waals surface area contributed by atoms with Crippen LogP contribution in [0.5, 0.6) is 5.75 Å². The number of benzene rings is 1. The summed E-state index contributed by atoms with van der Waals surface area (Å²) < 4.78 is 21.1. The van der Waals surface area contributed by atoms with Crippen LogP contribution in [0.1, 0.15) is 47.9 Å². The molecule has 1 aliphatic heterocycles. The summed E-state index contributed by atoms with van der Waals surface area (Å²) in [7, 11) is 0. The van der Waals surface area contributed by atoms with E-state index in [1.54, 1.807) is 18.3 Å². The molecule has 0 saturated heterocycles. The fraction of sp³-hybridized carbons (Fsp3) is 0.444. The minimum absolute atomic E-state index is 0.190. The normalized spacial score (nSPS) is 16.6. The van der Waals surface area contributed by atoms with Crippen molar-refractivity contribution in [3.63, 3.8) is 0 Å². The summed E-state index contributed by atoms with van der Waals surface area (Å²) in [4.78, 5) is 12.6. The zero-order valence-corrected chi connectivity index (χ0v) is 14.2. The molecule has 1 N–H and O–H groups in total. The average Bonchev–Trinajstić information content (AvgIpc) is 2.89. The van der Waals surface area contributed by atoms with Crippen LogP contribution >= 0.6 is 0 Å². The molecule has 1 aromatic heterocycles. The third-order valence-corrected chi connectivity index (χ3v) is 4.22. The van der Waals surface area contributed by atoms with Gasteiger partial charge < -0.3 is 10.1 Å². The van der Waals surface area contributed by atoms with Gasteiger partial charge in [-0.1, -0.05) is 26.0 Å². The molecule has 3 rings (SSSR count). The number of ether oxygens (including phenoxy) is 1. The SMILES string of the molecule is Cc1c(C(=O)N[C@@H]2CCOc3c(F)cccc32)cnn1CC(C)C. The van der Waals surface area contributed by atoms with E-state index in [9.17, 15) is 9.18 Å². The van der Waals surface area contributed by atoms with E-state index in [1.807, 2.05) is 11.6 Å². The number of halogens is 1. The summed E-state index contributed by atoms with van der Waals surface area (Å²) >= 11 is 0. The zero-order chi connectivity index (χ0) is 17.3. The molecule has 24 heavy (non-hydrogen) atoms. The number of hydrogen-bond acceptors (Lipinski definition) is 3. The zero-order valence-electron chi connectivity index (χ0n) is 14.2. The fourth-order valence-electron chi connectivity index (χ4n) is 2.97. The molecule has 0 aliphatic carbocycles. The summed E-state index contributed by atoms with van der Waals surface area (Å²) in [5.41, 5.74) is 2.08. The van der Waals surface area contributed by atoms with Crippen molar-refractivity contribution in [2.24, 2.45) is 5.92 Å². The maximum atomic E-state index is 13.8. The van der Waals surface area contributed by atoms with Crippen LogP contribution in [-0.2, 0) is 6.54 Å². The summed E-state index contributed by atoms with van der Waals surface area (Å²) in [6, 6.07) is 4.53. The highest BCUT2D eigenvalue weighted by molar-refractivity contribution is 5.95. The topological polar surface area (TPSA) is 56.1 Å². The van der Waals surface area contributed by atoms with Crippen molar-refractivity contribution in [3.8, 4) is 5.75 Å². The molecule has 0 radical (unpaired) electrons. The first kappa shape index (κ1) is 16.5. The van der Waals surface area contributed by atoms with E-state index in [4.69, 9.17) is 4.74 Å². The van der Waals surface area contributed by atoms with Crippen LogP contribution in [0.25, 0.3) is 0 Å². The Morgan fingerprint density at radius 1 is 1.50 bits per heavy atom. The first-order valence-corrected chi connectivity index (χ1v) is 8.22. The van der Waals surface area contributed by atoms with Crippen LogP contribution in [0, 0.1) is 18.7 Å². The monoisotopic (exact) mass is 331 g/mol. The molecule has 1 amide bonds. The molecular weight excluding hydrogens is 309 g/mol. The molecule has 5 nitrogen and oxygen atoms in total. The minimum Gasteiger partial charge on any atom is -0.490 e. The molecule has 2 aromatic rings. The highest BCUT2D eigenvalue weighted by Crippen LogP contribution is 2.34. The number of hydrogen-bond donors (Lipinski definition) is 1. The van der Waals surface area contributed by atoms with Crippen molar-refractivity contribution in [2.75, 3.05) is 6.61 Å². The summed E-state index contributed by atoms with van der Waals surface area (Å²) in [6.45, 7) is 7.25. The van der Waals surface area contributed by atoms with E-state index < -0.39 is 5.82 Å². The van der Waals surface area contributed by atoms with Gasteiger partial charge in [-0.2, -0.15) is 5.10 Å². The smallest absolute Gasteiger partial charge is 0.255 e. The molecule has 6 heteroatoms. The van der Waals surface area contributed by atoms with Crippen molar-refractivity contribution in [1.29, 1.82) is 0 Å². The molecule has 0 bridgehead atoms. The molecule has 1 atom stereocenters. The second-order valence-corrected chi connectivity index (χ2v) is 6.54. The van der Waals surface area contributed by atoms with Crippen molar-refractivity contribution in [1.82, 2.24) is 15.1 Å². The van der Waals surface area contributed by atoms with Crippen LogP contribution in [0.4, 0.5) is 4.39 Å². The van der Waals surface area contributed by atoms with Crippen LogP contribution in [0.2, 0.25) is 0 Å². The third-order valence-electron chi connectivity index (χ3n) is 4.22. The Kier molecular flexibility index (Phi) is 4.55. The third kappa shape index (κ3) is 3.13. The van der Waals surface area contributed by atoms with Crippen LogP contribution in [0.3, 0.4) is 0 Å². The molecule has 0 spiro atoms. The standard InChI is InChI=1S/C18H22FN3O2/c1-11(2)10-22-12(3)14(9-20-22)18(23)21-16-7-8-24-17-13(16)5-4-6-15(17)19/h4-6,9,11,16H,7-8,10H2,1-3H3,(H,21,23)/t16-/m1/s1. The number of nitrogens with one attached hydrogen (secondary N) is 1. The molecule has 1 aliphatic rings. The highest BCUT2D eigenvalue weighted by Gasteiger charge is 2.26. The van der Waals surface area contributed by atoms with Gasteiger partial charge in [0.1, 0.15) is 0 Å². The number of aromatic nitrogens is 2. The minimum atomic E-state index is -0.396. The van der Waals surface area contributed by atoms with Crippen LogP contribution in [0.15, 0.2) is 24.4 Å². The van der Waals surface area contributed by atoms with Crippen molar-refractivity contribution in [2.45, 2.75) is 39.8 Å². The summed E-state index contributed by atoms with van der Waals surface area (Å²) in [5.74, 6) is 0.100. The van der Waals surface area contributed by atoms with Gasteiger partial charge in [0.2, 0.25) is 0 Å². The quantitative estimate of drug-likeness (QED) is 0.936. The number of nitrogens with zero attached hydrogens (tertiary/aromatic N) is 2. The number of rotatable bonds is 4. The first-order valence-electron chi connectivity index (χ1n) is 8.22. The lowest BCUT2D eigenvalue weighted by Gasteiger charge is -2.26. The maximum absolute atomic E-state index is 13.8. The lowest BCUT2D eigenvalue weighted by molar-refractivity contribution is 0.0923. The number of carbonyl (C=O) groups is 1. The number of carbonyl (C=O) groups excluding carboxylic acids is 1. The van der Waals surface area contributed by atoms with Gasteiger partial charge in [0.25, 0.3) is 5.91 Å². The Bertz CT molecular complexity index is 755. The number of fused-ring (bicyclic) bond motifs is 1. The van der Waals surface area contributed by atoms with Gasteiger partial charge in [-0.05, 0) is 18.9 Å². The van der Waals surface area contributed by atoms with E-state index >= 15 is 0 Å². The van der Waals surface area contributed by atoms with E-state index in [2.05, 4.69) is 24.3 Å². The second kappa shape index (κ2) is 6.63. The Balaban J connectivity index is 1.80. The molecule has 2 heterocycles. The second-order valence-electron chi connectivity index (χ2n) is 6.54. The van der Waals surface area contributed by atoms with E-state index in [0.717, 1.165) is 12.2 Å². The van der Waals surface area contributed by atoms with Crippen molar-refractivity contribution < 1.29 is 13.9 Å². The predicted molar refractivity (Wildman–Crippen MR) is 88.5 cm³/mol. The molecule has 0 fully saturated rings. The van der Waals surface area contributed by atoms with Crippen molar-refractivity contribution >= 4 is 5.91 Å². The molecule has 1 aromatic carbocycles. The van der Waals surface area contributed by atoms with Gasteiger partial charge in [0, 0.05) is 24.2 Å². The molecule has 0 unspecified atom stereocenters. The van der Waals surface area contributed by atoms with Gasteiger partial charge in [0.15, 0.2) is 11.6 Å². The summed E-state index contributed by atoms with van der Waals surface area (Å²) in [5, 5.41) is 7.29. The molecule has 128 valence electrons. The fourth-order valence-corrected chi connectivity index (χ4v) is 2.97. The van der Waals surface area contributed by atoms with E-state index in [0.29, 0.717) is 30.1 Å². The highest BCUT2D eigenvalue weighted by atomic mass is 19.1. The first-order chi connectivity index (χ1) is 11.5. The predicted octanol–water partition coefficient (Wildman–Crippen LogP) is 3.24. The maximum Gasteiger partial charge on any atom is 0.255 e. The van der Waals surface area contributed by atoms with Gasteiger partial charge in [-0.3, -0.25) is 9.48 Å².